The van der Waals surface area contributed by atoms with Crippen molar-refractivity contribution in [2.24, 2.45) is 5.92 Å². The number of thiazole rings is 1. The molecule has 1 heterocycles. The molecule has 4 nitrogen and oxygen atoms in total. The Morgan fingerprint density at radius 1 is 1.36 bits per heavy atom. The molecule has 132 valence electrons. The van der Waals surface area contributed by atoms with Crippen LogP contribution in [0.2, 0.25) is 0 Å². The van der Waals surface area contributed by atoms with Gasteiger partial charge in [-0.25, -0.2) is 4.98 Å². The molecular formula is C20H24N2O2S. The van der Waals surface area contributed by atoms with E-state index in [2.05, 4.69) is 17.1 Å². The second-order valence-corrected chi connectivity index (χ2v) is 7.59. The molecule has 1 aromatic carbocycles. The molecule has 1 aliphatic carbocycles. The third-order valence-corrected chi connectivity index (χ3v) is 5.48. The van der Waals surface area contributed by atoms with E-state index in [0.717, 1.165) is 52.4 Å². The van der Waals surface area contributed by atoms with Crippen molar-refractivity contribution < 1.29 is 9.53 Å². The van der Waals surface area contributed by atoms with E-state index < -0.39 is 0 Å². The largest absolute Gasteiger partial charge is 0.466 e. The molecule has 0 bridgehead atoms. The number of aryl methyl sites for hydroxylation is 1. The number of ether oxygens (including phenoxy) is 1. The van der Waals surface area contributed by atoms with E-state index in [1.807, 2.05) is 32.2 Å². The van der Waals surface area contributed by atoms with Crippen LogP contribution in [0.25, 0.3) is 16.5 Å². The Labute approximate surface area is 152 Å². The summed E-state index contributed by atoms with van der Waals surface area (Å²) in [5.41, 5.74) is 10.4. The number of hydrogen-bond donors (Lipinski definition) is 1. The number of rotatable bonds is 4. The molecule has 5 heteroatoms. The van der Waals surface area contributed by atoms with Gasteiger partial charge >= 0.3 is 5.97 Å². The normalized spacial score (nSPS) is 17.4. The van der Waals surface area contributed by atoms with Crippen molar-refractivity contribution in [3.63, 3.8) is 0 Å². The predicted molar refractivity (Wildman–Crippen MR) is 103 cm³/mol. The van der Waals surface area contributed by atoms with Crippen molar-refractivity contribution in [2.45, 2.75) is 39.5 Å². The second kappa shape index (κ2) is 7.83. The quantitative estimate of drug-likeness (QED) is 0.629. The molecule has 3 rings (SSSR count). The lowest BCUT2D eigenvalue weighted by atomic mass is 9.86. The average molecular weight is 356 g/mol. The zero-order valence-corrected chi connectivity index (χ0v) is 15.6. The van der Waals surface area contributed by atoms with Gasteiger partial charge in [0, 0.05) is 11.9 Å². The fraction of sp³-hybridized carbons (Fsp3) is 0.400. The van der Waals surface area contributed by atoms with Crippen LogP contribution >= 0.6 is 11.3 Å². The molecule has 1 saturated carbocycles. The second-order valence-electron chi connectivity index (χ2n) is 6.52. The standard InChI is InChI=1S/C20H24N2O2S/c1-3-24-20(23)15-6-4-14(5-7-15)10-19-22-12-18(25-19)16-8-13(2)9-17(21)11-16/h8-12,15H,3-7,21H2,1-2H3. The van der Waals surface area contributed by atoms with E-state index in [-0.39, 0.29) is 11.9 Å². The van der Waals surface area contributed by atoms with Crippen molar-refractivity contribution in [2.75, 3.05) is 12.3 Å². The molecule has 25 heavy (non-hydrogen) atoms. The molecule has 0 atom stereocenters. The first-order valence-electron chi connectivity index (χ1n) is 8.74. The number of esters is 1. The predicted octanol–water partition coefficient (Wildman–Crippen LogP) is 4.84. The molecule has 0 radical (unpaired) electrons. The lowest BCUT2D eigenvalue weighted by Gasteiger charge is -2.22. The van der Waals surface area contributed by atoms with Gasteiger partial charge in [-0.2, -0.15) is 0 Å². The van der Waals surface area contributed by atoms with E-state index in [1.54, 1.807) is 11.3 Å². The van der Waals surface area contributed by atoms with Crippen molar-refractivity contribution in [1.29, 1.82) is 0 Å². The van der Waals surface area contributed by atoms with Crippen LogP contribution in [-0.4, -0.2) is 17.6 Å². The summed E-state index contributed by atoms with van der Waals surface area (Å²) in [6.07, 6.45) is 7.71. The highest BCUT2D eigenvalue weighted by molar-refractivity contribution is 7.15. The van der Waals surface area contributed by atoms with Crippen molar-refractivity contribution in [3.05, 3.63) is 40.5 Å². The highest BCUT2D eigenvalue weighted by Gasteiger charge is 2.24. The Morgan fingerprint density at radius 3 is 2.80 bits per heavy atom. The molecular weight excluding hydrogens is 332 g/mol. The fourth-order valence-electron chi connectivity index (χ4n) is 3.25. The van der Waals surface area contributed by atoms with Gasteiger partial charge < -0.3 is 10.5 Å². The molecule has 0 aliphatic heterocycles. The summed E-state index contributed by atoms with van der Waals surface area (Å²) in [5.74, 6) is 0.00865. The molecule has 2 N–H and O–H groups in total. The molecule has 1 fully saturated rings. The third-order valence-electron chi connectivity index (χ3n) is 4.48. The van der Waals surface area contributed by atoms with Gasteiger partial charge in [-0.1, -0.05) is 11.6 Å². The lowest BCUT2D eigenvalue weighted by molar-refractivity contribution is -0.148. The van der Waals surface area contributed by atoms with Gasteiger partial charge in [0.1, 0.15) is 5.01 Å². The Kier molecular flexibility index (Phi) is 5.53. The highest BCUT2D eigenvalue weighted by Crippen LogP contribution is 2.33. The monoisotopic (exact) mass is 356 g/mol. The summed E-state index contributed by atoms with van der Waals surface area (Å²) in [5, 5.41) is 1.01. The number of carbonyl (C=O) groups is 1. The van der Waals surface area contributed by atoms with Crippen LogP contribution in [0, 0.1) is 12.8 Å². The van der Waals surface area contributed by atoms with Crippen LogP contribution in [0.15, 0.2) is 30.0 Å². The number of benzene rings is 1. The molecule has 1 aromatic heterocycles. The number of hydrogen-bond acceptors (Lipinski definition) is 5. The van der Waals surface area contributed by atoms with Gasteiger partial charge in [-0.15, -0.1) is 11.3 Å². The average Bonchev–Trinajstić information content (AvgIpc) is 3.03. The van der Waals surface area contributed by atoms with Crippen LogP contribution in [0.1, 0.15) is 43.2 Å². The third kappa shape index (κ3) is 4.48. The van der Waals surface area contributed by atoms with Crippen molar-refractivity contribution in [3.8, 4) is 10.4 Å². The SMILES string of the molecule is CCOC(=O)C1CCC(=Cc2ncc(-c3cc(C)cc(N)c3)s2)CC1. The van der Waals surface area contributed by atoms with Crippen LogP contribution in [0.4, 0.5) is 5.69 Å². The number of allylic oxidation sites excluding steroid dienone is 1. The van der Waals surface area contributed by atoms with E-state index in [0.29, 0.717) is 6.61 Å². The Hall–Kier alpha value is -2.14. The van der Waals surface area contributed by atoms with Crippen LogP contribution in [0.3, 0.4) is 0 Å². The zero-order valence-electron chi connectivity index (χ0n) is 14.7. The number of aromatic nitrogens is 1. The topological polar surface area (TPSA) is 65.2 Å². The van der Waals surface area contributed by atoms with Crippen molar-refractivity contribution >= 4 is 29.1 Å². The first-order valence-corrected chi connectivity index (χ1v) is 9.56. The molecule has 0 spiro atoms. The fourth-order valence-corrected chi connectivity index (χ4v) is 4.14. The molecule has 1 aliphatic rings. The molecule has 0 amide bonds. The maximum Gasteiger partial charge on any atom is 0.308 e. The van der Waals surface area contributed by atoms with E-state index in [1.165, 1.54) is 5.57 Å². The minimum absolute atomic E-state index is 0.0462. The number of anilines is 1. The number of nitrogens with two attached hydrogens (primary N) is 1. The lowest BCUT2D eigenvalue weighted by Crippen LogP contribution is -2.20. The Morgan fingerprint density at radius 2 is 2.12 bits per heavy atom. The maximum absolute atomic E-state index is 11.8. The first kappa shape index (κ1) is 17.7. The molecule has 0 saturated heterocycles. The van der Waals surface area contributed by atoms with Gasteiger partial charge in [-0.3, -0.25) is 4.79 Å². The van der Waals surface area contributed by atoms with E-state index in [4.69, 9.17) is 10.5 Å². The van der Waals surface area contributed by atoms with Crippen LogP contribution in [-0.2, 0) is 9.53 Å². The Bertz CT molecular complexity index is 764. The van der Waals surface area contributed by atoms with Gasteiger partial charge in [0.15, 0.2) is 0 Å². The number of nitrogen functional groups attached to an aromatic ring is 1. The molecule has 2 aromatic rings. The minimum atomic E-state index is -0.0462. The first-order chi connectivity index (χ1) is 12.0. The summed E-state index contributed by atoms with van der Waals surface area (Å²) in [6, 6.07) is 6.09. The summed E-state index contributed by atoms with van der Waals surface area (Å²) in [7, 11) is 0. The van der Waals surface area contributed by atoms with Crippen LogP contribution in [0.5, 0.6) is 0 Å². The highest BCUT2D eigenvalue weighted by atomic mass is 32.1. The number of carbonyl (C=O) groups excluding carboxylic acids is 1. The van der Waals surface area contributed by atoms with Gasteiger partial charge in [0.2, 0.25) is 0 Å². The van der Waals surface area contributed by atoms with Gasteiger partial charge in [0.05, 0.1) is 17.4 Å². The minimum Gasteiger partial charge on any atom is -0.466 e. The van der Waals surface area contributed by atoms with E-state index in [9.17, 15) is 4.79 Å². The van der Waals surface area contributed by atoms with Gasteiger partial charge in [0.25, 0.3) is 0 Å². The van der Waals surface area contributed by atoms with Crippen molar-refractivity contribution in [1.82, 2.24) is 4.98 Å². The Balaban J connectivity index is 1.67. The summed E-state index contributed by atoms with van der Waals surface area (Å²) in [6.45, 7) is 4.36. The van der Waals surface area contributed by atoms with Gasteiger partial charge in [-0.05, 0) is 68.9 Å². The van der Waals surface area contributed by atoms with Crippen LogP contribution < -0.4 is 5.73 Å². The summed E-state index contributed by atoms with van der Waals surface area (Å²) in [4.78, 5) is 17.5. The zero-order chi connectivity index (χ0) is 17.8. The van der Waals surface area contributed by atoms with E-state index >= 15 is 0 Å². The molecule has 0 unspecified atom stereocenters. The summed E-state index contributed by atoms with van der Waals surface area (Å²) < 4.78 is 5.13. The summed E-state index contributed by atoms with van der Waals surface area (Å²) >= 11 is 1.68. The smallest absolute Gasteiger partial charge is 0.308 e. The number of nitrogens with zero attached hydrogens (tertiary/aromatic N) is 1. The maximum atomic E-state index is 11.8.